The van der Waals surface area contributed by atoms with Crippen LogP contribution in [0, 0.1) is 6.92 Å². The van der Waals surface area contributed by atoms with Gasteiger partial charge in [-0.3, -0.25) is 4.98 Å². The van der Waals surface area contributed by atoms with Crippen LogP contribution in [0.4, 0.5) is 0 Å². The van der Waals surface area contributed by atoms with Gasteiger partial charge >= 0.3 is 0 Å². The van der Waals surface area contributed by atoms with Gasteiger partial charge in [-0.1, -0.05) is 21.3 Å². The summed E-state index contributed by atoms with van der Waals surface area (Å²) < 4.78 is 2.03. The third-order valence-electron chi connectivity index (χ3n) is 2.08. The normalized spacial score (nSPS) is 10.6. The summed E-state index contributed by atoms with van der Waals surface area (Å²) in [6.45, 7) is 6.26. The number of aromatic nitrogens is 3. The van der Waals surface area contributed by atoms with Crippen LogP contribution in [0.2, 0.25) is 0 Å². The van der Waals surface area contributed by atoms with Gasteiger partial charge in [0, 0.05) is 12.4 Å². The van der Waals surface area contributed by atoms with E-state index in [9.17, 15) is 0 Å². The van der Waals surface area contributed by atoms with Crippen LogP contribution in [-0.2, 0) is 0 Å². The minimum Gasteiger partial charge on any atom is -0.304 e. The highest BCUT2D eigenvalue weighted by molar-refractivity contribution is 5.38. The minimum absolute atomic E-state index is 0. The lowest BCUT2D eigenvalue weighted by atomic mass is 10.2. The van der Waals surface area contributed by atoms with E-state index in [1.165, 1.54) is 0 Å². The predicted octanol–water partition coefficient (Wildman–Crippen LogP) is 2.80. The Hall–Kier alpha value is -1.38. The van der Waals surface area contributed by atoms with Crippen molar-refractivity contribution in [3.05, 3.63) is 30.0 Å². The molecule has 2 aromatic rings. The molecule has 0 radical (unpaired) electrons. The molecule has 2 heterocycles. The molecule has 76 valence electrons. The van der Waals surface area contributed by atoms with Crippen LogP contribution >= 0.6 is 0 Å². The maximum atomic E-state index is 4.45. The van der Waals surface area contributed by atoms with Crippen molar-refractivity contribution < 1.29 is 0 Å². The number of nitrogens with zero attached hydrogens (tertiary/aromatic N) is 3. The van der Waals surface area contributed by atoms with E-state index in [1.807, 2.05) is 17.5 Å². The average Bonchev–Trinajstić information content (AvgIpc) is 2.46. The van der Waals surface area contributed by atoms with E-state index >= 15 is 0 Å². The molecule has 0 saturated carbocycles. The van der Waals surface area contributed by atoms with Gasteiger partial charge in [-0.25, -0.2) is 4.98 Å². The summed E-state index contributed by atoms with van der Waals surface area (Å²) >= 11 is 0. The van der Waals surface area contributed by atoms with Crippen molar-refractivity contribution in [3.8, 4) is 0 Å². The first-order valence-corrected chi connectivity index (χ1v) is 4.48. The van der Waals surface area contributed by atoms with Crippen LogP contribution in [0.3, 0.4) is 0 Å². The summed E-state index contributed by atoms with van der Waals surface area (Å²) in [5.41, 5.74) is 3.06. The van der Waals surface area contributed by atoms with E-state index in [-0.39, 0.29) is 7.43 Å². The van der Waals surface area contributed by atoms with Gasteiger partial charge in [-0.05, 0) is 12.8 Å². The van der Waals surface area contributed by atoms with Crippen LogP contribution in [0.25, 0.3) is 5.65 Å². The highest BCUT2D eigenvalue weighted by Crippen LogP contribution is 2.13. The van der Waals surface area contributed by atoms with Gasteiger partial charge in [0.25, 0.3) is 0 Å². The lowest BCUT2D eigenvalue weighted by molar-refractivity contribution is 0.834. The third-order valence-corrected chi connectivity index (χ3v) is 2.08. The fraction of sp³-hybridized carbons (Fsp3) is 0.455. The van der Waals surface area contributed by atoms with Gasteiger partial charge in [0.2, 0.25) is 0 Å². The Morgan fingerprint density at radius 2 is 2.00 bits per heavy atom. The second-order valence-corrected chi connectivity index (χ2v) is 3.61. The molecule has 0 aromatic carbocycles. The van der Waals surface area contributed by atoms with Crippen molar-refractivity contribution in [2.45, 2.75) is 34.1 Å². The van der Waals surface area contributed by atoms with Crippen molar-refractivity contribution in [1.29, 1.82) is 0 Å². The van der Waals surface area contributed by atoms with E-state index in [2.05, 4.69) is 30.0 Å². The molecule has 0 bridgehead atoms. The Labute approximate surface area is 84.8 Å². The summed E-state index contributed by atoms with van der Waals surface area (Å²) in [6, 6.07) is 0. The molecule has 0 aliphatic carbocycles. The molecule has 0 unspecified atom stereocenters. The summed E-state index contributed by atoms with van der Waals surface area (Å²) in [7, 11) is 0. The van der Waals surface area contributed by atoms with Crippen molar-refractivity contribution >= 4 is 5.65 Å². The van der Waals surface area contributed by atoms with Crippen LogP contribution in [0.5, 0.6) is 0 Å². The fourth-order valence-corrected chi connectivity index (χ4v) is 1.30. The van der Waals surface area contributed by atoms with Gasteiger partial charge in [0.05, 0.1) is 17.6 Å². The second kappa shape index (κ2) is 3.78. The third kappa shape index (κ3) is 1.76. The maximum absolute atomic E-state index is 4.45. The first kappa shape index (κ1) is 10.7. The second-order valence-electron chi connectivity index (χ2n) is 3.61. The number of rotatable bonds is 1. The van der Waals surface area contributed by atoms with E-state index < -0.39 is 0 Å². The first-order valence-electron chi connectivity index (χ1n) is 4.48. The van der Waals surface area contributed by atoms with Gasteiger partial charge in [0.15, 0.2) is 5.65 Å². The molecule has 0 amide bonds. The maximum Gasteiger partial charge on any atom is 0.155 e. The Balaban J connectivity index is 0.000000980. The first-order chi connectivity index (χ1) is 6.16. The smallest absolute Gasteiger partial charge is 0.155 e. The summed E-state index contributed by atoms with van der Waals surface area (Å²) in [6.07, 6.45) is 5.87. The molecule has 0 saturated heterocycles. The largest absolute Gasteiger partial charge is 0.304 e. The summed E-state index contributed by atoms with van der Waals surface area (Å²) in [5, 5.41) is 0. The molecule has 2 rings (SSSR count). The van der Waals surface area contributed by atoms with Gasteiger partial charge in [-0.15, -0.1) is 0 Å². The zero-order valence-corrected chi connectivity index (χ0v) is 8.15. The van der Waals surface area contributed by atoms with Crippen LogP contribution in [0.15, 0.2) is 18.6 Å². The lowest BCUT2D eigenvalue weighted by Crippen LogP contribution is -1.87. The molecule has 0 atom stereocenters. The van der Waals surface area contributed by atoms with Gasteiger partial charge in [0.1, 0.15) is 0 Å². The minimum atomic E-state index is 0. The molecule has 3 nitrogen and oxygen atoms in total. The zero-order chi connectivity index (χ0) is 9.42. The highest BCUT2D eigenvalue weighted by atomic mass is 15.0. The molecule has 0 spiro atoms. The number of hydrogen-bond donors (Lipinski definition) is 0. The standard InChI is InChI=1S/C10H13N3.CH4/c1-7(2)9-6-13-5-8(3)11-4-10(13)12-9;/h4-7H,1-3H3;1H4. The zero-order valence-electron chi connectivity index (χ0n) is 8.15. The highest BCUT2D eigenvalue weighted by Gasteiger charge is 2.04. The number of imidazole rings is 1. The topological polar surface area (TPSA) is 30.2 Å². The van der Waals surface area contributed by atoms with E-state index in [1.54, 1.807) is 6.20 Å². The molecule has 0 aliphatic heterocycles. The number of aryl methyl sites for hydroxylation is 1. The Morgan fingerprint density at radius 3 is 2.64 bits per heavy atom. The Kier molecular flexibility index (Phi) is 2.89. The predicted molar refractivity (Wildman–Crippen MR) is 58.5 cm³/mol. The van der Waals surface area contributed by atoms with E-state index in [0.717, 1.165) is 17.0 Å². The average molecular weight is 191 g/mol. The Morgan fingerprint density at radius 1 is 1.29 bits per heavy atom. The van der Waals surface area contributed by atoms with Crippen LogP contribution in [0.1, 0.15) is 38.6 Å². The number of hydrogen-bond acceptors (Lipinski definition) is 2. The van der Waals surface area contributed by atoms with Crippen molar-refractivity contribution in [3.63, 3.8) is 0 Å². The molecular formula is C11H17N3. The molecular weight excluding hydrogens is 174 g/mol. The molecule has 0 N–H and O–H groups in total. The van der Waals surface area contributed by atoms with Crippen molar-refractivity contribution in [2.75, 3.05) is 0 Å². The van der Waals surface area contributed by atoms with Crippen molar-refractivity contribution in [2.24, 2.45) is 0 Å². The van der Waals surface area contributed by atoms with Crippen LogP contribution in [-0.4, -0.2) is 14.4 Å². The molecule has 3 heteroatoms. The quantitative estimate of drug-likeness (QED) is 0.693. The van der Waals surface area contributed by atoms with Gasteiger partial charge < -0.3 is 4.40 Å². The van der Waals surface area contributed by atoms with Gasteiger partial charge in [-0.2, -0.15) is 0 Å². The Bertz CT molecular complexity index is 429. The van der Waals surface area contributed by atoms with Crippen LogP contribution < -0.4 is 0 Å². The monoisotopic (exact) mass is 191 g/mol. The lowest BCUT2D eigenvalue weighted by Gasteiger charge is -1.94. The molecule has 0 aliphatic rings. The summed E-state index contributed by atoms with van der Waals surface area (Å²) in [5.74, 6) is 0.472. The summed E-state index contributed by atoms with van der Waals surface area (Å²) in [4.78, 5) is 8.65. The van der Waals surface area contributed by atoms with E-state index in [0.29, 0.717) is 5.92 Å². The SMILES string of the molecule is C.Cc1cn2cc(C(C)C)nc2cn1. The van der Waals surface area contributed by atoms with E-state index in [4.69, 9.17) is 0 Å². The fourth-order valence-electron chi connectivity index (χ4n) is 1.30. The molecule has 14 heavy (non-hydrogen) atoms. The number of fused-ring (bicyclic) bond motifs is 1. The molecule has 0 fully saturated rings. The van der Waals surface area contributed by atoms with Crippen molar-refractivity contribution in [1.82, 2.24) is 14.4 Å². The molecule has 2 aromatic heterocycles.